The summed E-state index contributed by atoms with van der Waals surface area (Å²) in [4.78, 5) is 25.8. The molecule has 2 heterocycles. The molecule has 1 fully saturated rings. The molecule has 6 heteroatoms. The molecule has 0 saturated carbocycles. The van der Waals surface area contributed by atoms with Gasteiger partial charge in [0.05, 0.1) is 10.6 Å². The van der Waals surface area contributed by atoms with Crippen LogP contribution in [0.2, 0.25) is 0 Å². The maximum atomic E-state index is 14.1. The molecule has 128 valence electrons. The van der Waals surface area contributed by atoms with Gasteiger partial charge in [-0.1, -0.05) is 18.2 Å². The van der Waals surface area contributed by atoms with Gasteiger partial charge in [0.25, 0.3) is 11.1 Å². The molecule has 0 N–H and O–H groups in total. The molecule has 1 aromatic carbocycles. The van der Waals surface area contributed by atoms with E-state index in [9.17, 15) is 14.0 Å². The van der Waals surface area contributed by atoms with Gasteiger partial charge >= 0.3 is 0 Å². The van der Waals surface area contributed by atoms with Gasteiger partial charge in [-0.3, -0.25) is 14.5 Å². The van der Waals surface area contributed by atoms with E-state index in [1.807, 2.05) is 19.9 Å². The predicted octanol–water partition coefficient (Wildman–Crippen LogP) is 4.46. The van der Waals surface area contributed by atoms with Crippen molar-refractivity contribution in [1.82, 2.24) is 9.47 Å². The fourth-order valence-electron chi connectivity index (χ4n) is 2.87. The van der Waals surface area contributed by atoms with Crippen molar-refractivity contribution in [2.75, 3.05) is 6.54 Å². The maximum absolute atomic E-state index is 14.1. The number of rotatable bonds is 4. The van der Waals surface area contributed by atoms with Gasteiger partial charge in [-0.25, -0.2) is 4.39 Å². The van der Waals surface area contributed by atoms with E-state index in [-0.39, 0.29) is 23.5 Å². The van der Waals surface area contributed by atoms with E-state index >= 15 is 0 Å². The first-order valence-electron chi connectivity index (χ1n) is 7.74. The molecule has 0 aliphatic carbocycles. The molecule has 1 saturated heterocycles. The summed E-state index contributed by atoms with van der Waals surface area (Å²) in [5.41, 5.74) is 2.89. The number of hydrogen-bond acceptors (Lipinski definition) is 3. The lowest BCUT2D eigenvalue weighted by Gasteiger charge is -2.10. The highest BCUT2D eigenvalue weighted by Gasteiger charge is 2.34. The molecule has 0 atom stereocenters. The van der Waals surface area contributed by atoms with Crippen LogP contribution in [0, 0.1) is 19.7 Å². The van der Waals surface area contributed by atoms with E-state index in [1.165, 1.54) is 12.1 Å². The van der Waals surface area contributed by atoms with Crippen LogP contribution in [0.1, 0.15) is 17.0 Å². The number of thioether (sulfide) groups is 1. The van der Waals surface area contributed by atoms with Crippen LogP contribution in [-0.2, 0) is 4.79 Å². The lowest BCUT2D eigenvalue weighted by molar-refractivity contribution is -0.122. The Morgan fingerprint density at radius 2 is 1.96 bits per heavy atom. The molecule has 4 nitrogen and oxygen atoms in total. The van der Waals surface area contributed by atoms with Crippen molar-refractivity contribution in [1.29, 1.82) is 0 Å². The van der Waals surface area contributed by atoms with E-state index in [0.29, 0.717) is 10.6 Å². The molecule has 0 spiro atoms. The summed E-state index contributed by atoms with van der Waals surface area (Å²) in [7, 11) is 0. The van der Waals surface area contributed by atoms with Gasteiger partial charge in [-0.05, 0) is 55.4 Å². The summed E-state index contributed by atoms with van der Waals surface area (Å²) in [6.07, 6.45) is 3.21. The van der Waals surface area contributed by atoms with Gasteiger partial charge in [-0.15, -0.1) is 6.58 Å². The molecule has 0 bridgehead atoms. The van der Waals surface area contributed by atoms with Crippen LogP contribution in [0.5, 0.6) is 0 Å². The van der Waals surface area contributed by atoms with E-state index < -0.39 is 0 Å². The Morgan fingerprint density at radius 3 is 2.64 bits per heavy atom. The first-order valence-corrected chi connectivity index (χ1v) is 8.55. The van der Waals surface area contributed by atoms with Gasteiger partial charge in [0.2, 0.25) is 0 Å². The highest BCUT2D eigenvalue weighted by atomic mass is 32.2. The van der Waals surface area contributed by atoms with Gasteiger partial charge in [-0.2, -0.15) is 0 Å². The highest BCUT2D eigenvalue weighted by Crippen LogP contribution is 2.33. The van der Waals surface area contributed by atoms with Crippen LogP contribution in [0.3, 0.4) is 0 Å². The molecule has 2 aromatic rings. The largest absolute Gasteiger partial charge is 0.315 e. The van der Waals surface area contributed by atoms with Crippen molar-refractivity contribution in [3.05, 3.63) is 70.7 Å². The fraction of sp³-hybridized carbons (Fsp3) is 0.158. The highest BCUT2D eigenvalue weighted by molar-refractivity contribution is 8.18. The van der Waals surface area contributed by atoms with Gasteiger partial charge < -0.3 is 4.57 Å². The summed E-state index contributed by atoms with van der Waals surface area (Å²) in [6.45, 7) is 7.49. The van der Waals surface area contributed by atoms with Crippen LogP contribution < -0.4 is 0 Å². The second-order valence-electron chi connectivity index (χ2n) is 5.69. The molecule has 1 aromatic heterocycles. The smallest absolute Gasteiger partial charge is 0.293 e. The monoisotopic (exact) mass is 356 g/mol. The van der Waals surface area contributed by atoms with Crippen molar-refractivity contribution in [3.63, 3.8) is 0 Å². The third-order valence-electron chi connectivity index (χ3n) is 4.04. The number of halogens is 1. The van der Waals surface area contributed by atoms with E-state index in [0.717, 1.165) is 33.6 Å². The summed E-state index contributed by atoms with van der Waals surface area (Å²) in [5.74, 6) is -0.646. The zero-order valence-corrected chi connectivity index (χ0v) is 14.8. The Labute approximate surface area is 149 Å². The molecule has 1 aliphatic heterocycles. The van der Waals surface area contributed by atoms with Crippen LogP contribution in [0.25, 0.3) is 11.8 Å². The summed E-state index contributed by atoms with van der Waals surface area (Å²) in [5, 5.41) is -0.306. The van der Waals surface area contributed by atoms with Crippen LogP contribution in [-0.4, -0.2) is 27.2 Å². The number of carbonyl (C=O) groups is 2. The molecule has 2 amide bonds. The number of aryl methyl sites for hydroxylation is 1. The SMILES string of the molecule is C=CCN1C(=O)S/C(=C/c2cc(C)n(-c3ccccc3F)c2C)C1=O. The third-order valence-corrected chi connectivity index (χ3v) is 4.94. The minimum absolute atomic E-state index is 0.191. The molecule has 0 radical (unpaired) electrons. The average Bonchev–Trinajstić information content (AvgIpc) is 2.99. The molecule has 3 rings (SSSR count). The quantitative estimate of drug-likeness (QED) is 0.600. The minimum atomic E-state index is -0.328. The Bertz CT molecular complexity index is 914. The zero-order chi connectivity index (χ0) is 18.1. The Balaban J connectivity index is 2.02. The van der Waals surface area contributed by atoms with Crippen molar-refractivity contribution in [3.8, 4) is 5.69 Å². The second kappa shape index (κ2) is 6.72. The molecule has 0 unspecified atom stereocenters. The Kier molecular flexibility index (Phi) is 4.63. The van der Waals surface area contributed by atoms with Gasteiger partial charge in [0.1, 0.15) is 5.82 Å². The molecule has 25 heavy (non-hydrogen) atoms. The number of imide groups is 1. The molecular weight excluding hydrogens is 339 g/mol. The fourth-order valence-corrected chi connectivity index (χ4v) is 3.70. The normalized spacial score (nSPS) is 16.1. The van der Waals surface area contributed by atoms with Crippen LogP contribution >= 0.6 is 11.8 Å². The number of hydrogen-bond donors (Lipinski definition) is 0. The first-order chi connectivity index (χ1) is 11.9. The van der Waals surface area contributed by atoms with E-state index in [2.05, 4.69) is 6.58 Å². The lowest BCUT2D eigenvalue weighted by Crippen LogP contribution is -2.27. The summed E-state index contributed by atoms with van der Waals surface area (Å²) < 4.78 is 15.9. The van der Waals surface area contributed by atoms with Crippen molar-refractivity contribution in [2.24, 2.45) is 0 Å². The van der Waals surface area contributed by atoms with Crippen LogP contribution in [0.15, 0.2) is 47.9 Å². The zero-order valence-electron chi connectivity index (χ0n) is 14.0. The number of para-hydroxylation sites is 1. The first kappa shape index (κ1) is 17.2. The maximum Gasteiger partial charge on any atom is 0.293 e. The summed E-state index contributed by atoms with van der Waals surface area (Å²) >= 11 is 0.907. The number of benzene rings is 1. The van der Waals surface area contributed by atoms with Crippen molar-refractivity contribution in [2.45, 2.75) is 13.8 Å². The minimum Gasteiger partial charge on any atom is -0.315 e. The Hall–Kier alpha value is -2.60. The van der Waals surface area contributed by atoms with Gasteiger partial charge in [0, 0.05) is 17.9 Å². The van der Waals surface area contributed by atoms with Crippen molar-refractivity contribution < 1.29 is 14.0 Å². The average molecular weight is 356 g/mol. The number of nitrogens with zero attached hydrogens (tertiary/aromatic N) is 2. The van der Waals surface area contributed by atoms with Crippen molar-refractivity contribution >= 4 is 29.0 Å². The lowest BCUT2D eigenvalue weighted by atomic mass is 10.2. The molecule has 1 aliphatic rings. The topological polar surface area (TPSA) is 42.3 Å². The standard InChI is InChI=1S/C19H17FN2O2S/c1-4-9-21-18(23)17(25-19(21)24)11-14-10-12(2)22(13(14)3)16-8-6-5-7-15(16)20/h4-8,10-11H,1,9H2,2-3H3/b17-11+. The summed E-state index contributed by atoms with van der Waals surface area (Å²) in [6, 6.07) is 8.41. The second-order valence-corrected chi connectivity index (χ2v) is 6.69. The number of aromatic nitrogens is 1. The van der Waals surface area contributed by atoms with Crippen LogP contribution in [0.4, 0.5) is 9.18 Å². The Morgan fingerprint density at radius 1 is 1.24 bits per heavy atom. The number of amides is 2. The third kappa shape index (κ3) is 3.05. The van der Waals surface area contributed by atoms with Gasteiger partial charge in [0.15, 0.2) is 0 Å². The van der Waals surface area contributed by atoms with E-state index in [4.69, 9.17) is 0 Å². The van der Waals surface area contributed by atoms with E-state index in [1.54, 1.807) is 28.8 Å². The predicted molar refractivity (Wildman–Crippen MR) is 98.1 cm³/mol. The molecular formula is C19H17FN2O2S. The number of carbonyl (C=O) groups excluding carboxylic acids is 2.